The van der Waals surface area contributed by atoms with Crippen molar-refractivity contribution in [3.05, 3.63) is 25.2 Å². The monoisotopic (exact) mass is 472 g/mol. The second-order valence-corrected chi connectivity index (χ2v) is 7.58. The Kier molecular flexibility index (Phi) is 23.9. The number of aliphatic carboxylic acids is 2. The van der Waals surface area contributed by atoms with E-state index in [2.05, 4.69) is 31.7 Å². The van der Waals surface area contributed by atoms with Crippen LogP contribution >= 0.6 is 0 Å². The zero-order chi connectivity index (χ0) is 26.4. The molecule has 0 aromatic heterocycles. The summed E-state index contributed by atoms with van der Waals surface area (Å²) in [6, 6.07) is 0. The number of rotatable bonds is 14. The molecule has 0 aliphatic rings. The van der Waals surface area contributed by atoms with Crippen LogP contribution in [0.3, 0.4) is 0 Å². The predicted molar refractivity (Wildman–Crippen MR) is 128 cm³/mol. The van der Waals surface area contributed by atoms with Gasteiger partial charge in [-0.15, -0.1) is 6.58 Å². The fraction of sp³-hybridized carbons (Fsp3) is 0.680. The molecule has 3 unspecified atom stereocenters. The second kappa shape index (κ2) is 22.6. The average Bonchev–Trinajstić information content (AvgIpc) is 2.74. The zero-order valence-electron chi connectivity index (χ0n) is 21.2. The highest BCUT2D eigenvalue weighted by molar-refractivity contribution is 5.74. The van der Waals surface area contributed by atoms with Crippen molar-refractivity contribution < 1.29 is 38.9 Å². The Labute approximate surface area is 199 Å². The minimum atomic E-state index is -0.824. The summed E-state index contributed by atoms with van der Waals surface area (Å²) in [7, 11) is 0. The van der Waals surface area contributed by atoms with E-state index in [-0.39, 0.29) is 23.8 Å². The van der Waals surface area contributed by atoms with Gasteiger partial charge in [0, 0.05) is 6.92 Å². The quantitative estimate of drug-likeness (QED) is 0.180. The molecule has 0 radical (unpaired) electrons. The molecule has 0 spiro atoms. The van der Waals surface area contributed by atoms with E-state index in [1.165, 1.54) is 13.0 Å². The maximum Gasteiger partial charge on any atom is 0.316 e. The molecule has 0 fully saturated rings. The summed E-state index contributed by atoms with van der Waals surface area (Å²) in [5.41, 5.74) is 0. The summed E-state index contributed by atoms with van der Waals surface area (Å²) < 4.78 is 9.38. The van der Waals surface area contributed by atoms with E-state index in [9.17, 15) is 19.2 Å². The lowest BCUT2D eigenvalue weighted by molar-refractivity contribution is -0.156. The van der Waals surface area contributed by atoms with Gasteiger partial charge >= 0.3 is 23.9 Å². The summed E-state index contributed by atoms with van der Waals surface area (Å²) in [5, 5.41) is 16.7. The van der Waals surface area contributed by atoms with Crippen LogP contribution in [0.2, 0.25) is 0 Å². The van der Waals surface area contributed by atoms with Crippen molar-refractivity contribution in [1.82, 2.24) is 0 Å². The third kappa shape index (κ3) is 22.3. The fourth-order valence-corrected chi connectivity index (χ4v) is 2.37. The molecule has 0 bridgehead atoms. The van der Waals surface area contributed by atoms with Crippen molar-refractivity contribution in [2.75, 3.05) is 0 Å². The maximum atomic E-state index is 11.6. The first-order valence-electron chi connectivity index (χ1n) is 11.6. The van der Waals surface area contributed by atoms with Gasteiger partial charge in [-0.05, 0) is 39.2 Å². The van der Waals surface area contributed by atoms with Crippen molar-refractivity contribution in [2.24, 2.45) is 17.8 Å². The highest BCUT2D eigenvalue weighted by Crippen LogP contribution is 2.16. The van der Waals surface area contributed by atoms with Crippen molar-refractivity contribution in [2.45, 2.75) is 92.9 Å². The van der Waals surface area contributed by atoms with Gasteiger partial charge in [0.2, 0.25) is 0 Å². The van der Waals surface area contributed by atoms with Crippen LogP contribution in [-0.2, 0) is 28.7 Å². The van der Waals surface area contributed by atoms with E-state index < -0.39 is 23.8 Å². The van der Waals surface area contributed by atoms with E-state index in [1.54, 1.807) is 6.92 Å². The van der Waals surface area contributed by atoms with Gasteiger partial charge in [-0.2, -0.15) is 0 Å². The molecule has 0 aromatic carbocycles. The van der Waals surface area contributed by atoms with Crippen LogP contribution in [0, 0.1) is 17.8 Å². The normalized spacial score (nSPS) is 12.3. The molecular formula is C25H44O8. The highest BCUT2D eigenvalue weighted by atomic mass is 16.7. The Balaban J connectivity index is -0.000000451. The van der Waals surface area contributed by atoms with Crippen LogP contribution < -0.4 is 0 Å². The number of carboxylic acid groups (broad SMARTS) is 2. The lowest BCUT2D eigenvalue weighted by atomic mass is 10.00. The fourth-order valence-electron chi connectivity index (χ4n) is 2.37. The third-order valence-corrected chi connectivity index (χ3v) is 4.70. The molecule has 192 valence electrons. The summed E-state index contributed by atoms with van der Waals surface area (Å²) in [6.45, 7) is 17.5. The van der Waals surface area contributed by atoms with Crippen LogP contribution in [0.4, 0.5) is 0 Å². The Morgan fingerprint density at radius 2 is 1.30 bits per heavy atom. The van der Waals surface area contributed by atoms with Gasteiger partial charge in [0.1, 0.15) is 0 Å². The molecule has 0 rings (SSSR count). The SMILES string of the molecule is C=C(OC(C)=O)OC(=O)C(CC)CCCC.C=CC(C)C(=O)O.CCCCC(CC)C(=O)O. The van der Waals surface area contributed by atoms with Gasteiger partial charge in [-0.25, -0.2) is 0 Å². The lowest BCUT2D eigenvalue weighted by Crippen LogP contribution is -2.18. The number of hydrogen-bond acceptors (Lipinski definition) is 6. The maximum absolute atomic E-state index is 11.6. The molecule has 3 atom stereocenters. The molecule has 0 aliphatic heterocycles. The first-order valence-corrected chi connectivity index (χ1v) is 11.6. The largest absolute Gasteiger partial charge is 0.481 e. The highest BCUT2D eigenvalue weighted by Gasteiger charge is 2.19. The summed E-state index contributed by atoms with van der Waals surface area (Å²) in [5.74, 6) is -3.30. The van der Waals surface area contributed by atoms with Gasteiger partial charge in [-0.1, -0.05) is 59.5 Å². The van der Waals surface area contributed by atoms with E-state index in [0.29, 0.717) is 6.42 Å². The number of ether oxygens (including phenoxy) is 2. The van der Waals surface area contributed by atoms with Gasteiger partial charge in [0.15, 0.2) is 0 Å². The van der Waals surface area contributed by atoms with Crippen LogP contribution in [0.5, 0.6) is 0 Å². The summed E-state index contributed by atoms with van der Waals surface area (Å²) >= 11 is 0. The second-order valence-electron chi connectivity index (χ2n) is 7.58. The van der Waals surface area contributed by atoms with Crippen molar-refractivity contribution in [3.63, 3.8) is 0 Å². The van der Waals surface area contributed by atoms with Gasteiger partial charge < -0.3 is 19.7 Å². The standard InChI is InChI=1S/C12H20O4.C8H16O2.C5H8O2/c1-5-7-8-11(6-2)12(14)16-10(4)15-9(3)13;1-3-5-6-7(4-2)8(9)10;1-3-4(2)5(6)7/h11H,4-8H2,1-3H3;7H,3-6H2,1-2H3,(H,9,10);3-4H,1H2,2H3,(H,6,7). The van der Waals surface area contributed by atoms with Crippen LogP contribution in [0.1, 0.15) is 92.9 Å². The number of esters is 2. The van der Waals surface area contributed by atoms with E-state index in [1.807, 2.05) is 13.8 Å². The number of carbonyl (C=O) groups is 4. The topological polar surface area (TPSA) is 127 Å². The Bertz CT molecular complexity index is 597. The Morgan fingerprint density at radius 3 is 1.58 bits per heavy atom. The molecule has 0 aromatic rings. The molecule has 0 saturated carbocycles. The van der Waals surface area contributed by atoms with Crippen LogP contribution in [0.15, 0.2) is 25.2 Å². The molecule has 0 amide bonds. The van der Waals surface area contributed by atoms with Gasteiger partial charge in [-0.3, -0.25) is 19.2 Å². The lowest BCUT2D eigenvalue weighted by Gasteiger charge is -2.13. The third-order valence-electron chi connectivity index (χ3n) is 4.70. The number of unbranched alkanes of at least 4 members (excludes halogenated alkanes) is 2. The van der Waals surface area contributed by atoms with Gasteiger partial charge in [0.05, 0.1) is 17.8 Å². The van der Waals surface area contributed by atoms with Crippen LogP contribution in [0.25, 0.3) is 0 Å². The minimum absolute atomic E-state index is 0.111. The molecule has 8 nitrogen and oxygen atoms in total. The molecule has 0 heterocycles. The Hall–Kier alpha value is -2.64. The first kappa shape index (κ1) is 35.0. The number of carbonyl (C=O) groups excluding carboxylic acids is 2. The summed E-state index contributed by atoms with van der Waals surface area (Å²) in [6.07, 6.45) is 8.63. The average molecular weight is 473 g/mol. The molecule has 33 heavy (non-hydrogen) atoms. The number of hydrogen-bond donors (Lipinski definition) is 2. The first-order chi connectivity index (χ1) is 15.4. The van der Waals surface area contributed by atoms with Gasteiger partial charge in [0.25, 0.3) is 5.95 Å². The van der Waals surface area contributed by atoms with E-state index in [0.717, 1.165) is 44.9 Å². The number of carboxylic acids is 2. The zero-order valence-corrected chi connectivity index (χ0v) is 21.2. The van der Waals surface area contributed by atoms with E-state index >= 15 is 0 Å². The van der Waals surface area contributed by atoms with Crippen LogP contribution in [-0.4, -0.2) is 34.1 Å². The summed E-state index contributed by atoms with van der Waals surface area (Å²) in [4.78, 5) is 42.5. The Morgan fingerprint density at radius 1 is 0.848 bits per heavy atom. The molecule has 2 N–H and O–H groups in total. The minimum Gasteiger partial charge on any atom is -0.481 e. The van der Waals surface area contributed by atoms with Crippen molar-refractivity contribution in [1.29, 1.82) is 0 Å². The molecular weight excluding hydrogens is 428 g/mol. The van der Waals surface area contributed by atoms with Crippen molar-refractivity contribution in [3.8, 4) is 0 Å². The molecule has 8 heteroatoms. The molecule has 0 aliphatic carbocycles. The molecule has 0 saturated heterocycles. The van der Waals surface area contributed by atoms with E-state index in [4.69, 9.17) is 14.9 Å². The van der Waals surface area contributed by atoms with Crippen molar-refractivity contribution >= 4 is 23.9 Å². The smallest absolute Gasteiger partial charge is 0.316 e. The predicted octanol–water partition coefficient (Wildman–Crippen LogP) is 5.96.